The molecule has 4 rings (SSSR count). The molecule has 0 aliphatic rings. The van der Waals surface area contributed by atoms with Gasteiger partial charge in [0.15, 0.2) is 11.5 Å². The van der Waals surface area contributed by atoms with Crippen LogP contribution in [0.2, 0.25) is 0 Å². The first-order valence-electron chi connectivity index (χ1n) is 10.4. The Kier molecular flexibility index (Phi) is 6.37. The summed E-state index contributed by atoms with van der Waals surface area (Å²) in [5.74, 6) is 0.639. The second-order valence-corrected chi connectivity index (χ2v) is 7.20. The van der Waals surface area contributed by atoms with Crippen LogP contribution in [0.5, 0.6) is 11.5 Å². The number of ether oxygens (including phenoxy) is 2. The molecule has 0 saturated carbocycles. The number of imidazole rings is 1. The van der Waals surface area contributed by atoms with Crippen molar-refractivity contribution in [2.45, 2.75) is 13.5 Å². The fourth-order valence-electron chi connectivity index (χ4n) is 3.31. The van der Waals surface area contributed by atoms with Gasteiger partial charge in [-0.15, -0.1) is 0 Å². The van der Waals surface area contributed by atoms with E-state index >= 15 is 0 Å². The zero-order valence-electron chi connectivity index (χ0n) is 17.9. The highest BCUT2D eigenvalue weighted by atomic mass is 16.5. The minimum Gasteiger partial charge on any atom is -0.490 e. The molecule has 4 aromatic rings. The number of nitrogens with one attached hydrogen (secondary N) is 1. The number of carboxylic acid groups (broad SMARTS) is 1. The van der Waals surface area contributed by atoms with Crippen molar-refractivity contribution in [3.8, 4) is 17.6 Å². The van der Waals surface area contributed by atoms with Gasteiger partial charge in [0.2, 0.25) is 0 Å². The Balaban J connectivity index is 1.56. The highest BCUT2D eigenvalue weighted by molar-refractivity contribution is 5.90. The van der Waals surface area contributed by atoms with E-state index in [1.807, 2.05) is 43.3 Å². The van der Waals surface area contributed by atoms with Gasteiger partial charge in [-0.3, -0.25) is 0 Å². The molecule has 7 nitrogen and oxygen atoms in total. The molecule has 164 valence electrons. The van der Waals surface area contributed by atoms with Crippen molar-refractivity contribution in [2.24, 2.45) is 0 Å². The number of carbonyl (C=O) groups is 1. The number of benzene rings is 3. The van der Waals surface area contributed by atoms with Crippen molar-refractivity contribution >= 4 is 28.7 Å². The molecular formula is C26H21N3O4. The van der Waals surface area contributed by atoms with E-state index in [0.29, 0.717) is 29.5 Å². The predicted molar refractivity (Wildman–Crippen MR) is 125 cm³/mol. The number of fused-ring (bicyclic) bond motifs is 1. The zero-order valence-corrected chi connectivity index (χ0v) is 17.9. The Morgan fingerprint density at radius 3 is 2.58 bits per heavy atom. The third-order valence-corrected chi connectivity index (χ3v) is 4.94. The molecule has 7 heteroatoms. The van der Waals surface area contributed by atoms with Crippen molar-refractivity contribution < 1.29 is 19.4 Å². The van der Waals surface area contributed by atoms with Gasteiger partial charge in [0, 0.05) is 0 Å². The van der Waals surface area contributed by atoms with Crippen LogP contribution in [-0.4, -0.2) is 27.7 Å². The van der Waals surface area contributed by atoms with Gasteiger partial charge in [-0.2, -0.15) is 5.26 Å². The molecule has 3 aromatic carbocycles. The van der Waals surface area contributed by atoms with Gasteiger partial charge in [0.05, 0.1) is 28.8 Å². The number of aromatic amines is 1. The largest absolute Gasteiger partial charge is 0.490 e. The summed E-state index contributed by atoms with van der Waals surface area (Å²) in [4.78, 5) is 18.7. The van der Waals surface area contributed by atoms with Gasteiger partial charge in [-0.1, -0.05) is 30.3 Å². The number of hydrogen-bond acceptors (Lipinski definition) is 5. The fraction of sp³-hybridized carbons (Fsp3) is 0.115. The summed E-state index contributed by atoms with van der Waals surface area (Å²) in [6.07, 6.45) is 1.74. The molecule has 0 amide bonds. The van der Waals surface area contributed by atoms with Gasteiger partial charge < -0.3 is 19.6 Å². The summed E-state index contributed by atoms with van der Waals surface area (Å²) in [5.41, 5.74) is 3.90. The second kappa shape index (κ2) is 9.71. The molecule has 0 atom stereocenters. The van der Waals surface area contributed by atoms with Crippen LogP contribution in [-0.2, 0) is 6.61 Å². The molecule has 1 heterocycles. The number of para-hydroxylation sites is 2. The Hall–Kier alpha value is -4.57. The Labute approximate surface area is 190 Å². The quantitative estimate of drug-likeness (QED) is 0.361. The molecule has 2 N–H and O–H groups in total. The van der Waals surface area contributed by atoms with E-state index in [1.54, 1.807) is 36.4 Å². The number of H-pyrrole nitrogens is 1. The van der Waals surface area contributed by atoms with E-state index in [0.717, 1.165) is 22.2 Å². The van der Waals surface area contributed by atoms with E-state index in [1.165, 1.54) is 0 Å². The van der Waals surface area contributed by atoms with Crippen molar-refractivity contribution in [3.05, 3.63) is 89.2 Å². The summed E-state index contributed by atoms with van der Waals surface area (Å²) < 4.78 is 11.7. The van der Waals surface area contributed by atoms with Crippen LogP contribution >= 0.6 is 0 Å². The summed E-state index contributed by atoms with van der Waals surface area (Å²) in [5, 5.41) is 18.7. The van der Waals surface area contributed by atoms with Gasteiger partial charge in [0.25, 0.3) is 0 Å². The van der Waals surface area contributed by atoms with Crippen molar-refractivity contribution in [1.82, 2.24) is 9.97 Å². The molecule has 33 heavy (non-hydrogen) atoms. The highest BCUT2D eigenvalue weighted by Gasteiger charge is 2.11. The third-order valence-electron chi connectivity index (χ3n) is 4.94. The standard InChI is InChI=1S/C26H21N3O4/c1-2-32-24-14-18(13-20(15-27)25-28-21-5-3-4-6-22(21)29-25)9-12-23(24)33-16-17-7-10-19(11-8-17)26(30)31/h3-14H,2,16H2,1H3,(H,28,29)(H,30,31)/b20-13+. The lowest BCUT2D eigenvalue weighted by Gasteiger charge is -2.13. The highest BCUT2D eigenvalue weighted by Crippen LogP contribution is 2.31. The average molecular weight is 439 g/mol. The van der Waals surface area contributed by atoms with E-state index in [4.69, 9.17) is 14.6 Å². The maximum atomic E-state index is 11.0. The van der Waals surface area contributed by atoms with Crippen LogP contribution in [0.1, 0.15) is 34.2 Å². The predicted octanol–water partition coefficient (Wildman–Crippen LogP) is 5.30. The van der Waals surface area contributed by atoms with E-state index < -0.39 is 5.97 Å². The Morgan fingerprint density at radius 2 is 1.88 bits per heavy atom. The maximum absolute atomic E-state index is 11.0. The molecule has 0 bridgehead atoms. The second-order valence-electron chi connectivity index (χ2n) is 7.20. The Bertz CT molecular complexity index is 1330. The number of nitrogens with zero attached hydrogens (tertiary/aromatic N) is 2. The van der Waals surface area contributed by atoms with Crippen LogP contribution < -0.4 is 9.47 Å². The monoisotopic (exact) mass is 439 g/mol. The van der Waals surface area contributed by atoms with Gasteiger partial charge in [-0.25, -0.2) is 9.78 Å². The number of carboxylic acids is 1. The molecule has 0 aliphatic carbocycles. The zero-order chi connectivity index (χ0) is 23.2. The van der Waals surface area contributed by atoms with Crippen molar-refractivity contribution in [2.75, 3.05) is 6.61 Å². The SMILES string of the molecule is CCOc1cc(/C=C(\C#N)c2nc3ccccc3[nH]2)ccc1OCc1ccc(C(=O)O)cc1. The number of nitriles is 1. The lowest BCUT2D eigenvalue weighted by Crippen LogP contribution is -2.01. The van der Waals surface area contributed by atoms with E-state index in [9.17, 15) is 10.1 Å². The summed E-state index contributed by atoms with van der Waals surface area (Å²) >= 11 is 0. The van der Waals surface area contributed by atoms with Crippen LogP contribution in [0.3, 0.4) is 0 Å². The molecular weight excluding hydrogens is 418 g/mol. The van der Waals surface area contributed by atoms with Crippen LogP contribution in [0.25, 0.3) is 22.7 Å². The minimum absolute atomic E-state index is 0.225. The molecule has 1 aromatic heterocycles. The van der Waals surface area contributed by atoms with Crippen molar-refractivity contribution in [3.63, 3.8) is 0 Å². The first-order chi connectivity index (χ1) is 16.1. The molecule has 0 radical (unpaired) electrons. The van der Waals surface area contributed by atoms with Crippen LogP contribution in [0, 0.1) is 11.3 Å². The third kappa shape index (κ3) is 5.02. The van der Waals surface area contributed by atoms with Crippen molar-refractivity contribution in [1.29, 1.82) is 5.26 Å². The first kappa shape index (κ1) is 21.7. The van der Waals surface area contributed by atoms with E-state index in [2.05, 4.69) is 16.0 Å². The molecule has 0 spiro atoms. The van der Waals surface area contributed by atoms with Crippen LogP contribution in [0.4, 0.5) is 0 Å². The van der Waals surface area contributed by atoms with Gasteiger partial charge >= 0.3 is 5.97 Å². The summed E-state index contributed by atoms with van der Waals surface area (Å²) in [6.45, 7) is 2.59. The normalized spacial score (nSPS) is 11.2. The van der Waals surface area contributed by atoms with Gasteiger partial charge in [-0.05, 0) is 60.5 Å². The lowest BCUT2D eigenvalue weighted by atomic mass is 10.1. The lowest BCUT2D eigenvalue weighted by molar-refractivity contribution is 0.0697. The molecule has 0 fully saturated rings. The first-order valence-corrected chi connectivity index (χ1v) is 10.4. The number of allylic oxidation sites excluding steroid dienone is 1. The molecule has 0 unspecified atom stereocenters. The summed E-state index contributed by atoms with van der Waals surface area (Å²) in [6, 6.07) is 21.8. The average Bonchev–Trinajstić information content (AvgIpc) is 3.26. The number of aromatic nitrogens is 2. The number of hydrogen-bond donors (Lipinski definition) is 2. The molecule has 0 aliphatic heterocycles. The topological polar surface area (TPSA) is 108 Å². The van der Waals surface area contributed by atoms with Crippen LogP contribution in [0.15, 0.2) is 66.7 Å². The number of rotatable bonds is 8. The minimum atomic E-state index is -0.968. The fourth-order valence-corrected chi connectivity index (χ4v) is 3.31. The Morgan fingerprint density at radius 1 is 1.09 bits per heavy atom. The molecule has 0 saturated heterocycles. The van der Waals surface area contributed by atoms with E-state index in [-0.39, 0.29) is 12.2 Å². The number of aromatic carboxylic acids is 1. The summed E-state index contributed by atoms with van der Waals surface area (Å²) in [7, 11) is 0. The van der Waals surface area contributed by atoms with Gasteiger partial charge in [0.1, 0.15) is 18.5 Å². The smallest absolute Gasteiger partial charge is 0.335 e. The maximum Gasteiger partial charge on any atom is 0.335 e.